The summed E-state index contributed by atoms with van der Waals surface area (Å²) in [5.41, 5.74) is 0. The van der Waals surface area contributed by atoms with E-state index in [2.05, 4.69) is 129 Å². The third-order valence-electron chi connectivity index (χ3n) is 11.4. The fourth-order valence-electron chi connectivity index (χ4n) is 7.27. The average molecular weight is 970 g/mol. The third-order valence-corrected chi connectivity index (χ3v) is 11.4. The lowest BCUT2D eigenvalue weighted by Gasteiger charge is -2.46. The van der Waals surface area contributed by atoms with Crippen LogP contribution in [0.15, 0.2) is 122 Å². The van der Waals surface area contributed by atoms with Gasteiger partial charge in [0.25, 0.3) is 0 Å². The predicted octanol–water partition coefficient (Wildman–Crippen LogP) is 6.71. The van der Waals surface area contributed by atoms with Crippen LogP contribution in [0.3, 0.4) is 0 Å². The van der Waals surface area contributed by atoms with E-state index in [1.54, 1.807) is 6.08 Å². The van der Waals surface area contributed by atoms with E-state index in [9.17, 15) is 45.6 Å². The number of nitrogens with one attached hydrogen (secondary N) is 1. The summed E-state index contributed by atoms with van der Waals surface area (Å²) in [7, 11) is 0. The second-order valence-electron chi connectivity index (χ2n) is 17.2. The molecule has 0 aromatic heterocycles. The summed E-state index contributed by atoms with van der Waals surface area (Å²) in [5.74, 6) is -0.289. The molecule has 9 N–H and O–H groups in total. The van der Waals surface area contributed by atoms with Gasteiger partial charge in [-0.25, -0.2) is 0 Å². The van der Waals surface area contributed by atoms with E-state index in [1.165, 1.54) is 0 Å². The van der Waals surface area contributed by atoms with Crippen molar-refractivity contribution in [3.8, 4) is 0 Å². The summed E-state index contributed by atoms with van der Waals surface area (Å²) in [6.45, 7) is 2.44. The summed E-state index contributed by atoms with van der Waals surface area (Å²) in [6.07, 6.45) is 40.5. The van der Waals surface area contributed by atoms with Crippen molar-refractivity contribution in [2.24, 2.45) is 0 Å². The van der Waals surface area contributed by atoms with Crippen LogP contribution in [0.5, 0.6) is 0 Å². The zero-order valence-corrected chi connectivity index (χ0v) is 41.2. The van der Waals surface area contributed by atoms with E-state index in [1.807, 2.05) is 6.08 Å². The lowest BCUT2D eigenvalue weighted by atomic mass is 9.97. The molecule has 390 valence electrons. The normalized spacial score (nSPS) is 27.2. The van der Waals surface area contributed by atoms with Crippen molar-refractivity contribution in [1.29, 1.82) is 0 Å². The number of amides is 1. The molecule has 0 spiro atoms. The number of ether oxygens (including phenoxy) is 4. The van der Waals surface area contributed by atoms with Gasteiger partial charge in [-0.15, -0.1) is 0 Å². The molecular formula is C55H87NO13. The molecular weight excluding hydrogens is 883 g/mol. The van der Waals surface area contributed by atoms with E-state index in [0.29, 0.717) is 6.42 Å². The fourth-order valence-corrected chi connectivity index (χ4v) is 7.27. The van der Waals surface area contributed by atoms with Gasteiger partial charge in [0, 0.05) is 6.42 Å². The van der Waals surface area contributed by atoms with Gasteiger partial charge in [0.1, 0.15) is 48.8 Å². The Morgan fingerprint density at radius 3 is 1.49 bits per heavy atom. The molecule has 0 aromatic rings. The van der Waals surface area contributed by atoms with Gasteiger partial charge >= 0.3 is 0 Å². The molecule has 2 aliphatic rings. The van der Waals surface area contributed by atoms with Gasteiger partial charge in [-0.3, -0.25) is 4.79 Å². The number of carbonyl (C=O) groups excluding carboxylic acids is 1. The maximum absolute atomic E-state index is 13.0. The van der Waals surface area contributed by atoms with Crippen LogP contribution in [0, 0.1) is 0 Å². The molecule has 2 aliphatic heterocycles. The highest BCUT2D eigenvalue weighted by molar-refractivity contribution is 5.76. The maximum atomic E-state index is 13.0. The molecule has 0 saturated carbocycles. The topological polar surface area (TPSA) is 228 Å². The lowest BCUT2D eigenvalue weighted by molar-refractivity contribution is -0.359. The molecule has 0 radical (unpaired) electrons. The Hall–Kier alpha value is -3.61. The van der Waals surface area contributed by atoms with Gasteiger partial charge in [-0.05, 0) is 83.5 Å². The monoisotopic (exact) mass is 970 g/mol. The first kappa shape index (κ1) is 61.5. The minimum absolute atomic E-state index is 0.230. The number of aliphatic hydroxyl groups is 8. The largest absolute Gasteiger partial charge is 0.394 e. The van der Waals surface area contributed by atoms with Crippen molar-refractivity contribution in [2.45, 2.75) is 197 Å². The Morgan fingerprint density at radius 2 is 1.00 bits per heavy atom. The molecule has 1 amide bonds. The van der Waals surface area contributed by atoms with Gasteiger partial charge in [0.2, 0.25) is 5.91 Å². The van der Waals surface area contributed by atoms with E-state index in [0.717, 1.165) is 96.3 Å². The van der Waals surface area contributed by atoms with Crippen LogP contribution < -0.4 is 5.32 Å². The Kier molecular flexibility index (Phi) is 35.7. The number of allylic oxidation sites excluding steroid dienone is 19. The van der Waals surface area contributed by atoms with Crippen LogP contribution in [0.2, 0.25) is 0 Å². The molecule has 69 heavy (non-hydrogen) atoms. The number of carbonyl (C=O) groups is 1. The van der Waals surface area contributed by atoms with Crippen LogP contribution in [0.25, 0.3) is 0 Å². The molecule has 12 atom stereocenters. The lowest BCUT2D eigenvalue weighted by Crippen LogP contribution is -2.65. The number of aliphatic hydroxyl groups excluding tert-OH is 8. The van der Waals surface area contributed by atoms with Gasteiger partial charge in [0.15, 0.2) is 12.6 Å². The number of hydrogen-bond acceptors (Lipinski definition) is 13. The van der Waals surface area contributed by atoms with Crippen molar-refractivity contribution in [3.63, 3.8) is 0 Å². The van der Waals surface area contributed by atoms with Gasteiger partial charge < -0.3 is 65.1 Å². The molecule has 2 fully saturated rings. The highest BCUT2D eigenvalue weighted by Gasteiger charge is 2.51. The smallest absolute Gasteiger partial charge is 0.220 e. The molecule has 0 aliphatic carbocycles. The zero-order valence-electron chi connectivity index (χ0n) is 41.2. The summed E-state index contributed by atoms with van der Waals surface area (Å²) in [5, 5.41) is 86.0. The molecule has 0 aromatic carbocycles. The summed E-state index contributed by atoms with van der Waals surface area (Å²) < 4.78 is 22.5. The minimum atomic E-state index is -1.80. The van der Waals surface area contributed by atoms with Crippen molar-refractivity contribution in [3.05, 3.63) is 122 Å². The molecule has 2 saturated heterocycles. The van der Waals surface area contributed by atoms with E-state index in [-0.39, 0.29) is 18.9 Å². The van der Waals surface area contributed by atoms with Crippen LogP contribution in [0.4, 0.5) is 0 Å². The first-order valence-electron chi connectivity index (χ1n) is 25.3. The van der Waals surface area contributed by atoms with Crippen LogP contribution >= 0.6 is 0 Å². The molecule has 2 rings (SSSR count). The second kappa shape index (κ2) is 40.0. The first-order valence-corrected chi connectivity index (χ1v) is 25.3. The van der Waals surface area contributed by atoms with Crippen LogP contribution in [-0.4, -0.2) is 140 Å². The predicted molar refractivity (Wildman–Crippen MR) is 272 cm³/mol. The van der Waals surface area contributed by atoms with Crippen LogP contribution in [0.1, 0.15) is 123 Å². The van der Waals surface area contributed by atoms with Gasteiger partial charge in [0.05, 0.1) is 32.0 Å². The Labute approximate surface area is 412 Å². The minimum Gasteiger partial charge on any atom is -0.394 e. The summed E-state index contributed by atoms with van der Waals surface area (Å²) in [4.78, 5) is 13.0. The van der Waals surface area contributed by atoms with E-state index >= 15 is 0 Å². The highest BCUT2D eigenvalue weighted by Crippen LogP contribution is 2.30. The van der Waals surface area contributed by atoms with Crippen molar-refractivity contribution < 1.29 is 64.6 Å². The summed E-state index contributed by atoms with van der Waals surface area (Å²) in [6, 6.07) is -0.937. The van der Waals surface area contributed by atoms with Crippen molar-refractivity contribution in [2.75, 3.05) is 19.8 Å². The number of rotatable bonds is 36. The Bertz CT molecular complexity index is 1620. The maximum Gasteiger partial charge on any atom is 0.220 e. The quantitative estimate of drug-likeness (QED) is 0.0236. The SMILES string of the molecule is CC/C=C\C/C=C\C/C=C\C/C=C\C/C=C\C/C=C\C/C=C\C/C=C\C/C=C\CCCCCC(=O)NC(COC1OC(CO)C(OC2OC(CO)C(O)C(O)C2O)C(O)C1O)C(O)/C=C/CCCC. The van der Waals surface area contributed by atoms with Gasteiger partial charge in [-0.2, -0.15) is 0 Å². The van der Waals surface area contributed by atoms with Crippen molar-refractivity contribution >= 4 is 5.91 Å². The first-order chi connectivity index (χ1) is 33.6. The Morgan fingerprint density at radius 1 is 0.536 bits per heavy atom. The highest BCUT2D eigenvalue weighted by atomic mass is 16.7. The van der Waals surface area contributed by atoms with E-state index < -0.39 is 86.8 Å². The fraction of sp³-hybridized carbons (Fsp3) is 0.618. The molecule has 12 unspecified atom stereocenters. The molecule has 0 bridgehead atoms. The number of unbranched alkanes of at least 4 members (excludes halogenated alkanes) is 5. The van der Waals surface area contributed by atoms with Gasteiger partial charge in [-0.1, -0.05) is 155 Å². The Balaban J connectivity index is 1.66. The standard InChI is InChI=1S/C55H87NO13/c1-3-5-7-9-10-11-12-13-14-15-16-17-18-19-20-21-22-23-24-25-26-27-28-29-30-31-32-33-34-35-37-39-47(60)56-43(44(59)38-36-8-6-4-2)42-66-54-52(65)50(63)53(46(41-58)68-54)69-55-51(64)49(62)48(61)45(40-57)67-55/h5,7,10-11,13-14,16-17,19-20,22-23,25-26,28-29,31-32,36,38,43-46,48-55,57-59,61-65H,3-4,6,8-9,12,15,18,21,24,27,30,33-35,37,39-42H2,1-2H3,(H,56,60)/b7-5-,11-10-,14-13-,17-16-,20-19-,23-22-,26-25-,29-28-,32-31-,38-36+. The molecule has 14 heteroatoms. The summed E-state index contributed by atoms with van der Waals surface area (Å²) >= 11 is 0. The van der Waals surface area contributed by atoms with E-state index in [4.69, 9.17) is 18.9 Å². The second-order valence-corrected chi connectivity index (χ2v) is 17.2. The average Bonchev–Trinajstić information content (AvgIpc) is 3.35. The third kappa shape index (κ3) is 27.0. The van der Waals surface area contributed by atoms with Crippen molar-refractivity contribution in [1.82, 2.24) is 5.32 Å². The molecule has 2 heterocycles. The molecule has 14 nitrogen and oxygen atoms in total. The van der Waals surface area contributed by atoms with Crippen LogP contribution in [-0.2, 0) is 23.7 Å². The zero-order chi connectivity index (χ0) is 50.3. The number of hydrogen-bond donors (Lipinski definition) is 9.